The van der Waals surface area contributed by atoms with Crippen molar-refractivity contribution in [2.45, 2.75) is 88.1 Å². The summed E-state index contributed by atoms with van der Waals surface area (Å²) in [4.78, 5) is 0. The van der Waals surface area contributed by atoms with E-state index >= 15 is 0 Å². The first-order valence-electron chi connectivity index (χ1n) is 15.4. The highest BCUT2D eigenvalue weighted by molar-refractivity contribution is 5.80. The molecule has 0 amide bonds. The Morgan fingerprint density at radius 3 is 1.98 bits per heavy atom. The van der Waals surface area contributed by atoms with E-state index in [9.17, 15) is 0 Å². The number of rotatable bonds is 8. The molecule has 0 heterocycles. The molecule has 42 heavy (non-hydrogen) atoms. The topological polar surface area (TPSA) is 12.0 Å². The lowest BCUT2D eigenvalue weighted by atomic mass is 9.84. The smallest absolute Gasteiger partial charge is 0.0454 e. The van der Waals surface area contributed by atoms with Gasteiger partial charge in [-0.15, -0.1) is 0 Å². The molecule has 0 aliphatic heterocycles. The SMILES string of the molecule is C=C/C=C\C(C)=C/C.CC.C\C=C/C=C\C(=C\C)NC(C)C1=C(c2ccccc2C)C=C(C)CC1.Cc1ccccc1. The van der Waals surface area contributed by atoms with Gasteiger partial charge in [0.05, 0.1) is 0 Å². The molecule has 1 aliphatic carbocycles. The molecule has 1 atom stereocenters. The van der Waals surface area contributed by atoms with E-state index in [0.29, 0.717) is 6.04 Å². The zero-order valence-electron chi connectivity index (χ0n) is 28.2. The summed E-state index contributed by atoms with van der Waals surface area (Å²) in [6.07, 6.45) is 22.9. The second-order valence-corrected chi connectivity index (χ2v) is 10.0. The third-order valence-electron chi connectivity index (χ3n) is 6.65. The molecule has 0 radical (unpaired) electrons. The number of benzene rings is 2. The summed E-state index contributed by atoms with van der Waals surface area (Å²) < 4.78 is 0. The number of nitrogens with one attached hydrogen (secondary N) is 1. The largest absolute Gasteiger partial charge is 0.379 e. The van der Waals surface area contributed by atoms with E-state index in [-0.39, 0.29) is 0 Å². The van der Waals surface area contributed by atoms with Crippen molar-refractivity contribution in [3.05, 3.63) is 161 Å². The monoisotopic (exact) mass is 563 g/mol. The van der Waals surface area contributed by atoms with E-state index < -0.39 is 0 Å². The van der Waals surface area contributed by atoms with Gasteiger partial charge >= 0.3 is 0 Å². The van der Waals surface area contributed by atoms with Crippen LogP contribution in [-0.4, -0.2) is 6.04 Å². The zero-order chi connectivity index (χ0) is 31.8. The Morgan fingerprint density at radius 1 is 0.810 bits per heavy atom. The van der Waals surface area contributed by atoms with Crippen LogP contribution in [0.3, 0.4) is 0 Å². The van der Waals surface area contributed by atoms with Gasteiger partial charge < -0.3 is 5.32 Å². The highest BCUT2D eigenvalue weighted by atomic mass is 14.9. The third-order valence-corrected chi connectivity index (χ3v) is 6.65. The standard InChI is InChI=1S/C24H31N.C8H12.C7H8.C2H6/c1-6-8-9-13-21(7-2)25-20(5)23-16-15-18(3)17-24(23)22-14-11-10-12-19(22)4;1-4-6-7-8(3)5-2;1-7-5-3-2-4-6-7;1-2/h6-14,17,20,25H,15-16H2,1-5H3;4-7H,1H2,2-3H3;2-6H,1H3;1-2H3/b8-6-,13-9-,21-7-;7-6-,8-5-;;. The normalized spacial score (nSPS) is 14.3. The fraction of sp³-hybridized carbons (Fsp3) is 0.317. The molecule has 1 aliphatic rings. The average molecular weight is 564 g/mol. The van der Waals surface area contributed by atoms with Gasteiger partial charge in [0.1, 0.15) is 0 Å². The molecule has 0 saturated carbocycles. The molecule has 0 spiro atoms. The predicted octanol–water partition coefficient (Wildman–Crippen LogP) is 12.2. The lowest BCUT2D eigenvalue weighted by molar-refractivity contribution is 0.667. The first-order valence-corrected chi connectivity index (χ1v) is 15.4. The maximum Gasteiger partial charge on any atom is 0.0454 e. The van der Waals surface area contributed by atoms with Crippen LogP contribution in [0.2, 0.25) is 0 Å². The van der Waals surface area contributed by atoms with Gasteiger partial charge in [-0.1, -0.05) is 146 Å². The highest BCUT2D eigenvalue weighted by Gasteiger charge is 2.19. The first-order chi connectivity index (χ1) is 20.3. The van der Waals surface area contributed by atoms with Gasteiger partial charge in [0.15, 0.2) is 0 Å². The van der Waals surface area contributed by atoms with Gasteiger partial charge in [-0.3, -0.25) is 0 Å². The van der Waals surface area contributed by atoms with Gasteiger partial charge in [-0.2, -0.15) is 0 Å². The van der Waals surface area contributed by atoms with Crippen LogP contribution in [-0.2, 0) is 0 Å². The Labute approximate surface area is 259 Å². The molecule has 1 unspecified atom stereocenters. The Hall–Kier alpha value is -3.84. The first kappa shape index (κ1) is 38.2. The van der Waals surface area contributed by atoms with E-state index in [1.165, 1.54) is 39.0 Å². The zero-order valence-corrected chi connectivity index (χ0v) is 28.2. The minimum atomic E-state index is 0.306. The molecule has 1 N–H and O–H groups in total. The average Bonchev–Trinajstić information content (AvgIpc) is 3.01. The number of hydrogen-bond donors (Lipinski definition) is 1. The van der Waals surface area contributed by atoms with Gasteiger partial charge in [-0.25, -0.2) is 0 Å². The molecule has 0 saturated heterocycles. The highest BCUT2D eigenvalue weighted by Crippen LogP contribution is 2.34. The lowest BCUT2D eigenvalue weighted by Gasteiger charge is -2.26. The van der Waals surface area contributed by atoms with E-state index in [1.54, 1.807) is 6.08 Å². The summed E-state index contributed by atoms with van der Waals surface area (Å²) in [7, 11) is 0. The van der Waals surface area contributed by atoms with E-state index in [4.69, 9.17) is 0 Å². The number of allylic oxidation sites excluding steroid dienone is 13. The van der Waals surface area contributed by atoms with Crippen molar-refractivity contribution in [1.29, 1.82) is 0 Å². The van der Waals surface area contributed by atoms with Crippen LogP contribution in [0.1, 0.15) is 84.9 Å². The fourth-order valence-corrected chi connectivity index (χ4v) is 4.14. The van der Waals surface area contributed by atoms with Crippen LogP contribution >= 0.6 is 0 Å². The summed E-state index contributed by atoms with van der Waals surface area (Å²) in [6.45, 7) is 24.5. The van der Waals surface area contributed by atoms with Crippen LogP contribution in [0.4, 0.5) is 0 Å². The minimum Gasteiger partial charge on any atom is -0.379 e. The molecule has 0 aromatic heterocycles. The molecule has 2 aromatic rings. The van der Waals surface area contributed by atoms with Crippen molar-refractivity contribution in [2.75, 3.05) is 0 Å². The molecule has 0 bridgehead atoms. The lowest BCUT2D eigenvalue weighted by Crippen LogP contribution is -2.28. The molecule has 226 valence electrons. The van der Waals surface area contributed by atoms with E-state index in [0.717, 1.165) is 18.5 Å². The second-order valence-electron chi connectivity index (χ2n) is 10.0. The summed E-state index contributed by atoms with van der Waals surface area (Å²) in [5.74, 6) is 0. The Morgan fingerprint density at radius 2 is 1.45 bits per heavy atom. The minimum absolute atomic E-state index is 0.306. The summed E-state index contributed by atoms with van der Waals surface area (Å²) in [6, 6.07) is 19.3. The van der Waals surface area contributed by atoms with Crippen LogP contribution in [0, 0.1) is 13.8 Å². The second kappa shape index (κ2) is 23.8. The van der Waals surface area contributed by atoms with Crippen LogP contribution < -0.4 is 5.32 Å². The molecule has 1 heteroatoms. The fourth-order valence-electron chi connectivity index (χ4n) is 4.14. The molecule has 2 aromatic carbocycles. The summed E-state index contributed by atoms with van der Waals surface area (Å²) in [5, 5.41) is 3.68. The third kappa shape index (κ3) is 15.8. The van der Waals surface area contributed by atoms with Crippen molar-refractivity contribution in [2.24, 2.45) is 0 Å². The van der Waals surface area contributed by atoms with Crippen LogP contribution in [0.15, 0.2) is 144 Å². The maximum absolute atomic E-state index is 3.68. The number of hydrogen-bond acceptors (Lipinski definition) is 1. The summed E-state index contributed by atoms with van der Waals surface area (Å²) in [5.41, 5.74) is 10.8. The molecule has 1 nitrogen and oxygen atoms in total. The Bertz CT molecular complexity index is 1240. The molecule has 0 fully saturated rings. The molecular formula is C41H57N. The molecular weight excluding hydrogens is 506 g/mol. The Balaban J connectivity index is 0.000000804. The molecule has 3 rings (SSSR count). The van der Waals surface area contributed by atoms with Crippen molar-refractivity contribution in [1.82, 2.24) is 5.32 Å². The Kier molecular flexibility index (Phi) is 21.6. The van der Waals surface area contributed by atoms with Crippen molar-refractivity contribution >= 4 is 5.57 Å². The van der Waals surface area contributed by atoms with Crippen molar-refractivity contribution in [3.63, 3.8) is 0 Å². The quantitative estimate of drug-likeness (QED) is 0.315. The summed E-state index contributed by atoms with van der Waals surface area (Å²) >= 11 is 0. The van der Waals surface area contributed by atoms with Gasteiger partial charge in [0.25, 0.3) is 0 Å². The predicted molar refractivity (Wildman–Crippen MR) is 193 cm³/mol. The maximum atomic E-state index is 3.68. The van der Waals surface area contributed by atoms with Crippen molar-refractivity contribution < 1.29 is 0 Å². The van der Waals surface area contributed by atoms with Gasteiger partial charge in [0, 0.05) is 11.7 Å². The number of aryl methyl sites for hydroxylation is 2. The van der Waals surface area contributed by atoms with Crippen LogP contribution in [0.5, 0.6) is 0 Å². The van der Waals surface area contributed by atoms with E-state index in [1.807, 2.05) is 64.1 Å². The van der Waals surface area contributed by atoms with Gasteiger partial charge in [0.2, 0.25) is 0 Å². The van der Waals surface area contributed by atoms with Gasteiger partial charge in [-0.05, 0) is 96.6 Å². The van der Waals surface area contributed by atoms with E-state index in [2.05, 4.69) is 126 Å². The van der Waals surface area contributed by atoms with Crippen LogP contribution in [0.25, 0.3) is 5.57 Å². The van der Waals surface area contributed by atoms with Crippen molar-refractivity contribution in [3.8, 4) is 0 Å².